The summed E-state index contributed by atoms with van der Waals surface area (Å²) in [5, 5.41) is 3.00. The molecule has 4 rings (SSSR count). The second-order valence-electron chi connectivity index (χ2n) is 7.87. The monoisotopic (exact) mass is 434 g/mol. The van der Waals surface area contributed by atoms with Gasteiger partial charge in [0, 0.05) is 44.1 Å². The number of benzene rings is 1. The minimum Gasteiger partial charge on any atom is -0.378 e. The number of alkyl halides is 3. The Kier molecular flexibility index (Phi) is 6.31. The van der Waals surface area contributed by atoms with Gasteiger partial charge in [-0.3, -0.25) is 9.78 Å². The third-order valence-electron chi connectivity index (χ3n) is 5.65. The van der Waals surface area contributed by atoms with E-state index >= 15 is 0 Å². The van der Waals surface area contributed by atoms with Crippen LogP contribution in [-0.4, -0.2) is 56.3 Å². The van der Waals surface area contributed by atoms with E-state index in [9.17, 15) is 18.0 Å². The molecule has 9 heteroatoms. The van der Waals surface area contributed by atoms with Gasteiger partial charge in [0.2, 0.25) is 5.91 Å². The van der Waals surface area contributed by atoms with E-state index in [0.29, 0.717) is 25.2 Å². The van der Waals surface area contributed by atoms with Crippen LogP contribution in [-0.2, 0) is 22.1 Å². The van der Waals surface area contributed by atoms with Crippen molar-refractivity contribution in [1.82, 2.24) is 10.3 Å². The lowest BCUT2D eigenvalue weighted by Crippen LogP contribution is -2.38. The van der Waals surface area contributed by atoms with Crippen molar-refractivity contribution in [2.75, 3.05) is 49.2 Å². The van der Waals surface area contributed by atoms with E-state index in [1.54, 1.807) is 0 Å². The third-order valence-corrected chi connectivity index (χ3v) is 5.65. The first-order valence-electron chi connectivity index (χ1n) is 10.4. The summed E-state index contributed by atoms with van der Waals surface area (Å²) in [6.45, 7) is 4.20. The van der Waals surface area contributed by atoms with E-state index in [1.165, 1.54) is 6.20 Å². The minimum absolute atomic E-state index is 0.0897. The molecule has 0 spiro atoms. The Bertz CT molecular complexity index is 898. The highest BCUT2D eigenvalue weighted by Crippen LogP contribution is 2.31. The Morgan fingerprint density at radius 1 is 1.06 bits per heavy atom. The smallest absolute Gasteiger partial charge is 0.378 e. The molecule has 1 N–H and O–H groups in total. The number of carbonyl (C=O) groups is 1. The highest BCUT2D eigenvalue weighted by atomic mass is 19.4. The summed E-state index contributed by atoms with van der Waals surface area (Å²) in [6.07, 6.45) is -1.23. The Morgan fingerprint density at radius 2 is 1.81 bits per heavy atom. The van der Waals surface area contributed by atoms with E-state index in [1.807, 2.05) is 29.2 Å². The van der Waals surface area contributed by atoms with Crippen LogP contribution in [0.3, 0.4) is 0 Å². The highest BCUT2D eigenvalue weighted by Gasteiger charge is 2.32. The zero-order valence-corrected chi connectivity index (χ0v) is 17.1. The molecule has 1 amide bonds. The van der Waals surface area contributed by atoms with Crippen LogP contribution in [0.25, 0.3) is 0 Å². The minimum atomic E-state index is -4.42. The Balaban J connectivity index is 1.29. The largest absolute Gasteiger partial charge is 0.417 e. The van der Waals surface area contributed by atoms with Crippen molar-refractivity contribution in [3.8, 4) is 0 Å². The number of hydrogen-bond acceptors (Lipinski definition) is 5. The van der Waals surface area contributed by atoms with E-state index in [0.717, 1.165) is 49.8 Å². The molecule has 2 aliphatic rings. The number of rotatable bonds is 5. The lowest BCUT2D eigenvalue weighted by Gasteiger charge is -2.28. The number of amides is 1. The second-order valence-corrected chi connectivity index (χ2v) is 7.87. The van der Waals surface area contributed by atoms with Crippen molar-refractivity contribution < 1.29 is 22.7 Å². The topological polar surface area (TPSA) is 57.7 Å². The average Bonchev–Trinajstić information content (AvgIpc) is 3.23. The summed E-state index contributed by atoms with van der Waals surface area (Å²) in [4.78, 5) is 20.3. The SMILES string of the molecule is O=C(Cc1ccc(N2CCOCC2)cc1)N[C@@H]1CCN(c2cncc(C(F)(F)F)c2)C1. The third kappa shape index (κ3) is 5.46. The van der Waals surface area contributed by atoms with Crippen LogP contribution in [0.4, 0.5) is 24.5 Å². The first kappa shape index (κ1) is 21.4. The van der Waals surface area contributed by atoms with E-state index in [4.69, 9.17) is 4.74 Å². The van der Waals surface area contributed by atoms with Crippen LogP contribution >= 0.6 is 0 Å². The summed E-state index contributed by atoms with van der Waals surface area (Å²) in [5.74, 6) is -0.0897. The van der Waals surface area contributed by atoms with Gasteiger partial charge in [-0.15, -0.1) is 0 Å². The number of nitrogens with zero attached hydrogens (tertiary/aromatic N) is 3. The molecule has 0 radical (unpaired) electrons. The maximum atomic E-state index is 12.9. The maximum absolute atomic E-state index is 12.9. The number of nitrogens with one attached hydrogen (secondary N) is 1. The Hall–Kier alpha value is -2.81. The first-order valence-corrected chi connectivity index (χ1v) is 10.4. The van der Waals surface area contributed by atoms with Gasteiger partial charge in [-0.05, 0) is 30.2 Å². The molecule has 3 heterocycles. The van der Waals surface area contributed by atoms with Gasteiger partial charge < -0.3 is 19.9 Å². The van der Waals surface area contributed by atoms with Crippen molar-refractivity contribution in [2.45, 2.75) is 25.1 Å². The summed E-state index contributed by atoms with van der Waals surface area (Å²) in [6, 6.07) is 8.96. The standard InChI is InChI=1S/C22H25F3N4O2/c23-22(24,25)17-12-20(14-26-13-17)29-6-5-18(15-29)27-21(30)11-16-1-3-19(4-2-16)28-7-9-31-10-8-28/h1-4,12-14,18H,5-11,15H2,(H,27,30)/t18-/m1/s1. The number of morpholine rings is 1. The van der Waals surface area contributed by atoms with Gasteiger partial charge in [0.25, 0.3) is 0 Å². The van der Waals surface area contributed by atoms with Gasteiger partial charge in [-0.2, -0.15) is 13.2 Å². The van der Waals surface area contributed by atoms with Gasteiger partial charge in [0.05, 0.1) is 37.1 Å². The lowest BCUT2D eigenvalue weighted by molar-refractivity contribution is -0.137. The molecule has 1 atom stereocenters. The zero-order chi connectivity index (χ0) is 21.8. The molecule has 2 aliphatic heterocycles. The number of halogens is 3. The summed E-state index contributed by atoms with van der Waals surface area (Å²) in [5.41, 5.74) is 1.70. The fourth-order valence-electron chi connectivity index (χ4n) is 3.98. The molecule has 1 aromatic heterocycles. The molecule has 0 aliphatic carbocycles. The maximum Gasteiger partial charge on any atom is 0.417 e. The molecule has 2 fully saturated rings. The number of carbonyl (C=O) groups excluding carboxylic acids is 1. The molecule has 0 unspecified atom stereocenters. The van der Waals surface area contributed by atoms with Crippen molar-refractivity contribution in [3.63, 3.8) is 0 Å². The molecule has 166 valence electrons. The van der Waals surface area contributed by atoms with Crippen LogP contribution in [0.15, 0.2) is 42.7 Å². The van der Waals surface area contributed by atoms with Gasteiger partial charge in [0.15, 0.2) is 0 Å². The predicted molar refractivity (Wildman–Crippen MR) is 111 cm³/mol. The van der Waals surface area contributed by atoms with Gasteiger partial charge in [-0.1, -0.05) is 12.1 Å². The zero-order valence-electron chi connectivity index (χ0n) is 17.1. The predicted octanol–water partition coefficient (Wildman–Crippen LogP) is 2.87. The lowest BCUT2D eigenvalue weighted by atomic mass is 10.1. The number of pyridine rings is 1. The quantitative estimate of drug-likeness (QED) is 0.785. The molecule has 6 nitrogen and oxygen atoms in total. The van der Waals surface area contributed by atoms with Crippen LogP contribution < -0.4 is 15.1 Å². The van der Waals surface area contributed by atoms with Gasteiger partial charge in [-0.25, -0.2) is 0 Å². The van der Waals surface area contributed by atoms with Crippen LogP contribution in [0.5, 0.6) is 0 Å². The van der Waals surface area contributed by atoms with E-state index < -0.39 is 11.7 Å². The number of ether oxygens (including phenoxy) is 1. The molecule has 2 saturated heterocycles. The number of anilines is 2. The van der Waals surface area contributed by atoms with Crippen LogP contribution in [0.2, 0.25) is 0 Å². The summed E-state index contributed by atoms with van der Waals surface area (Å²) < 4.78 is 44.1. The van der Waals surface area contributed by atoms with Crippen molar-refractivity contribution in [1.29, 1.82) is 0 Å². The molecule has 0 bridgehead atoms. The fourth-order valence-corrected chi connectivity index (χ4v) is 3.98. The van der Waals surface area contributed by atoms with Gasteiger partial charge >= 0.3 is 6.18 Å². The Morgan fingerprint density at radius 3 is 2.52 bits per heavy atom. The number of hydrogen-bond donors (Lipinski definition) is 1. The summed E-state index contributed by atoms with van der Waals surface area (Å²) in [7, 11) is 0. The average molecular weight is 434 g/mol. The molecule has 31 heavy (non-hydrogen) atoms. The van der Waals surface area contributed by atoms with Gasteiger partial charge in [0.1, 0.15) is 0 Å². The highest BCUT2D eigenvalue weighted by molar-refractivity contribution is 5.79. The fraction of sp³-hybridized carbons (Fsp3) is 0.455. The van der Waals surface area contributed by atoms with E-state index in [2.05, 4.69) is 15.2 Å². The van der Waals surface area contributed by atoms with E-state index in [-0.39, 0.29) is 18.4 Å². The number of aromatic nitrogens is 1. The van der Waals surface area contributed by atoms with Crippen LogP contribution in [0.1, 0.15) is 17.5 Å². The normalized spacial score (nSPS) is 19.5. The summed E-state index contributed by atoms with van der Waals surface area (Å²) >= 11 is 0. The molecule has 1 aromatic carbocycles. The molecular formula is C22H25F3N4O2. The Labute approximate surface area is 179 Å². The molecule has 2 aromatic rings. The first-order chi connectivity index (χ1) is 14.9. The van der Waals surface area contributed by atoms with Crippen LogP contribution in [0, 0.1) is 0 Å². The van der Waals surface area contributed by atoms with Crippen molar-refractivity contribution in [3.05, 3.63) is 53.9 Å². The molecular weight excluding hydrogens is 409 g/mol. The van der Waals surface area contributed by atoms with Crippen molar-refractivity contribution in [2.24, 2.45) is 0 Å². The second kappa shape index (κ2) is 9.13. The molecule has 0 saturated carbocycles. The van der Waals surface area contributed by atoms with Crippen molar-refractivity contribution >= 4 is 17.3 Å².